The first-order valence-electron chi connectivity index (χ1n) is 9.25. The van der Waals surface area contributed by atoms with Gasteiger partial charge >= 0.3 is 0 Å². The topological polar surface area (TPSA) is 67.2 Å². The second-order valence-electron chi connectivity index (χ2n) is 6.87. The molecule has 0 spiro atoms. The van der Waals surface area contributed by atoms with Gasteiger partial charge in [-0.15, -0.1) is 0 Å². The summed E-state index contributed by atoms with van der Waals surface area (Å²) in [5.41, 5.74) is 1.10. The van der Waals surface area contributed by atoms with Crippen LogP contribution in [0.25, 0.3) is 0 Å². The molecule has 7 heteroatoms. The Balaban J connectivity index is 1.59. The number of likely N-dealkylation sites (tertiary alicyclic amines) is 1. The maximum atomic E-state index is 9.73. The Morgan fingerprint density at radius 1 is 1.28 bits per heavy atom. The molecule has 0 saturated carbocycles. The third-order valence-corrected chi connectivity index (χ3v) is 4.85. The molecular formula is C18H30N6O. The predicted octanol–water partition coefficient (Wildman–Crippen LogP) is 0.366. The number of nitrogens with zero attached hydrogens (tertiary/aromatic N) is 5. The number of hydrogen-bond donors (Lipinski definition) is 2. The molecular weight excluding hydrogens is 316 g/mol. The van der Waals surface area contributed by atoms with Gasteiger partial charge in [-0.3, -0.25) is 0 Å². The molecule has 0 bridgehead atoms. The molecule has 2 fully saturated rings. The number of anilines is 1. The fourth-order valence-electron chi connectivity index (χ4n) is 3.26. The highest BCUT2D eigenvalue weighted by atomic mass is 16.3. The maximum Gasteiger partial charge on any atom is 0.194 e. The van der Waals surface area contributed by atoms with Crippen LogP contribution in [0.3, 0.4) is 0 Å². The third kappa shape index (κ3) is 4.83. The quantitative estimate of drug-likeness (QED) is 0.606. The second-order valence-corrected chi connectivity index (χ2v) is 6.87. The highest BCUT2D eigenvalue weighted by Gasteiger charge is 2.22. The number of hydrogen-bond acceptors (Lipinski definition) is 5. The molecule has 25 heavy (non-hydrogen) atoms. The van der Waals surface area contributed by atoms with E-state index in [1.165, 1.54) is 0 Å². The van der Waals surface area contributed by atoms with Gasteiger partial charge in [0.25, 0.3) is 0 Å². The van der Waals surface area contributed by atoms with E-state index in [1.807, 2.05) is 6.20 Å². The summed E-state index contributed by atoms with van der Waals surface area (Å²) in [6.45, 7) is 9.24. The van der Waals surface area contributed by atoms with Crippen LogP contribution in [0.4, 0.5) is 5.82 Å². The van der Waals surface area contributed by atoms with Crippen molar-refractivity contribution >= 4 is 11.8 Å². The molecule has 7 nitrogen and oxygen atoms in total. The number of aromatic nitrogens is 1. The van der Waals surface area contributed by atoms with Gasteiger partial charge < -0.3 is 25.1 Å². The van der Waals surface area contributed by atoms with Crippen molar-refractivity contribution in [3.63, 3.8) is 0 Å². The van der Waals surface area contributed by atoms with Gasteiger partial charge in [0, 0.05) is 52.0 Å². The lowest BCUT2D eigenvalue weighted by Crippen LogP contribution is -2.44. The van der Waals surface area contributed by atoms with Crippen molar-refractivity contribution in [3.05, 3.63) is 23.9 Å². The van der Waals surface area contributed by atoms with E-state index in [0.29, 0.717) is 13.1 Å². The van der Waals surface area contributed by atoms with Gasteiger partial charge in [-0.25, -0.2) is 9.98 Å². The van der Waals surface area contributed by atoms with Crippen LogP contribution in [-0.4, -0.2) is 84.8 Å². The molecule has 0 radical (unpaired) electrons. The highest BCUT2D eigenvalue weighted by Crippen LogP contribution is 2.14. The number of pyridine rings is 1. The average Bonchev–Trinajstić information content (AvgIpc) is 3.06. The fourth-order valence-corrected chi connectivity index (χ4v) is 3.26. The Morgan fingerprint density at radius 2 is 2.08 bits per heavy atom. The number of aliphatic hydroxyl groups is 1. The number of aliphatic hydroxyl groups excluding tert-OH is 1. The number of nitrogens with one attached hydrogen (secondary N) is 1. The van der Waals surface area contributed by atoms with E-state index in [2.05, 4.69) is 51.1 Å². The lowest BCUT2D eigenvalue weighted by molar-refractivity contribution is 0.188. The van der Waals surface area contributed by atoms with Crippen LogP contribution in [0.5, 0.6) is 0 Å². The first-order valence-corrected chi connectivity index (χ1v) is 9.25. The predicted molar refractivity (Wildman–Crippen MR) is 101 cm³/mol. The number of aliphatic imine (C=N–C) groups is 1. The summed E-state index contributed by atoms with van der Waals surface area (Å²) < 4.78 is 0. The molecule has 138 valence electrons. The monoisotopic (exact) mass is 346 g/mol. The minimum atomic E-state index is -0.242. The Bertz CT molecular complexity index is 567. The maximum absolute atomic E-state index is 9.73. The van der Waals surface area contributed by atoms with E-state index in [9.17, 15) is 5.11 Å². The molecule has 3 rings (SSSR count). The summed E-state index contributed by atoms with van der Waals surface area (Å²) in [5.74, 6) is 1.93. The molecule has 3 heterocycles. The number of rotatable bonds is 4. The SMILES string of the molecule is CCNC(=NCc1ccc(N2CCN(C)CC2)nc1)N1CC[C@@H](O)C1. The van der Waals surface area contributed by atoms with Gasteiger partial charge in [0.05, 0.1) is 12.6 Å². The molecule has 2 saturated heterocycles. The van der Waals surface area contributed by atoms with Gasteiger partial charge in [0.2, 0.25) is 0 Å². The number of likely N-dealkylation sites (N-methyl/N-ethyl adjacent to an activating group) is 1. The van der Waals surface area contributed by atoms with Crippen molar-refractivity contribution < 1.29 is 5.11 Å². The van der Waals surface area contributed by atoms with Gasteiger partial charge in [-0.2, -0.15) is 0 Å². The zero-order valence-electron chi connectivity index (χ0n) is 15.4. The van der Waals surface area contributed by atoms with Crippen molar-refractivity contribution in [2.45, 2.75) is 26.0 Å². The van der Waals surface area contributed by atoms with E-state index in [4.69, 9.17) is 4.99 Å². The summed E-state index contributed by atoms with van der Waals surface area (Å²) in [6, 6.07) is 4.22. The van der Waals surface area contributed by atoms with Crippen molar-refractivity contribution in [2.24, 2.45) is 4.99 Å². The molecule has 0 unspecified atom stereocenters. The van der Waals surface area contributed by atoms with E-state index in [0.717, 1.165) is 63.0 Å². The first-order chi connectivity index (χ1) is 12.2. The fraction of sp³-hybridized carbons (Fsp3) is 0.667. The van der Waals surface area contributed by atoms with Crippen LogP contribution < -0.4 is 10.2 Å². The van der Waals surface area contributed by atoms with Gasteiger partial charge in [0.1, 0.15) is 5.82 Å². The van der Waals surface area contributed by atoms with E-state index < -0.39 is 0 Å². The Kier molecular flexibility index (Phi) is 6.09. The molecule has 0 aliphatic carbocycles. The summed E-state index contributed by atoms with van der Waals surface area (Å²) in [4.78, 5) is 16.1. The minimum Gasteiger partial charge on any atom is -0.391 e. The van der Waals surface area contributed by atoms with Crippen molar-refractivity contribution in [3.8, 4) is 0 Å². The highest BCUT2D eigenvalue weighted by molar-refractivity contribution is 5.80. The van der Waals surface area contributed by atoms with Crippen molar-refractivity contribution in [1.82, 2.24) is 20.1 Å². The Hall–Kier alpha value is -1.86. The van der Waals surface area contributed by atoms with E-state index in [1.54, 1.807) is 0 Å². The van der Waals surface area contributed by atoms with Crippen LogP contribution in [0.2, 0.25) is 0 Å². The summed E-state index contributed by atoms with van der Waals surface area (Å²) in [5, 5.41) is 13.0. The second kappa shape index (κ2) is 8.49. The lowest BCUT2D eigenvalue weighted by Gasteiger charge is -2.33. The van der Waals surface area contributed by atoms with Gasteiger partial charge in [-0.05, 0) is 32.0 Å². The molecule has 0 amide bonds. The summed E-state index contributed by atoms with van der Waals surface area (Å²) in [6.07, 6.45) is 2.50. The normalized spacial score (nSPS) is 22.5. The minimum absolute atomic E-state index is 0.242. The molecule has 0 aromatic carbocycles. The van der Waals surface area contributed by atoms with Crippen LogP contribution in [0.15, 0.2) is 23.3 Å². The zero-order valence-corrected chi connectivity index (χ0v) is 15.4. The summed E-state index contributed by atoms with van der Waals surface area (Å²) in [7, 11) is 2.16. The van der Waals surface area contributed by atoms with Crippen LogP contribution in [-0.2, 0) is 6.54 Å². The van der Waals surface area contributed by atoms with Crippen molar-refractivity contribution in [1.29, 1.82) is 0 Å². The molecule has 1 aromatic rings. The third-order valence-electron chi connectivity index (χ3n) is 4.85. The number of guanidine groups is 1. The van der Waals surface area contributed by atoms with Crippen LogP contribution in [0.1, 0.15) is 18.9 Å². The molecule has 2 aliphatic heterocycles. The zero-order chi connectivity index (χ0) is 17.6. The van der Waals surface area contributed by atoms with Crippen LogP contribution >= 0.6 is 0 Å². The van der Waals surface area contributed by atoms with Crippen molar-refractivity contribution in [2.75, 3.05) is 57.8 Å². The van der Waals surface area contributed by atoms with Gasteiger partial charge in [0.15, 0.2) is 5.96 Å². The molecule has 2 N–H and O–H groups in total. The van der Waals surface area contributed by atoms with Crippen LogP contribution in [0, 0.1) is 0 Å². The number of piperazine rings is 1. The molecule has 1 atom stereocenters. The largest absolute Gasteiger partial charge is 0.391 e. The average molecular weight is 346 g/mol. The number of β-amino-alcohol motifs (C(OH)–C–C–N with tert-alkyl or cyclic N) is 1. The first kappa shape index (κ1) is 17.9. The molecule has 2 aliphatic rings. The standard InChI is InChI=1S/C18H30N6O/c1-3-19-18(24-7-6-16(25)14-24)21-13-15-4-5-17(20-12-15)23-10-8-22(2)9-11-23/h4-5,12,16,25H,3,6-11,13-14H2,1-2H3,(H,19,21)/t16-/m1/s1. The van der Waals surface area contributed by atoms with E-state index in [-0.39, 0.29) is 6.10 Å². The van der Waals surface area contributed by atoms with E-state index >= 15 is 0 Å². The van der Waals surface area contributed by atoms with Gasteiger partial charge in [-0.1, -0.05) is 6.07 Å². The Labute approximate surface area is 150 Å². The summed E-state index contributed by atoms with van der Waals surface area (Å²) >= 11 is 0. The molecule has 1 aromatic heterocycles. The smallest absolute Gasteiger partial charge is 0.194 e. The Morgan fingerprint density at radius 3 is 2.68 bits per heavy atom. The lowest BCUT2D eigenvalue weighted by atomic mass is 10.2.